The van der Waals surface area contributed by atoms with Crippen molar-refractivity contribution in [2.75, 3.05) is 0 Å². The second kappa shape index (κ2) is 4.11. The van der Waals surface area contributed by atoms with Gasteiger partial charge in [0, 0.05) is 12.8 Å². The van der Waals surface area contributed by atoms with Gasteiger partial charge in [-0.3, -0.25) is 9.59 Å². The molecule has 1 saturated carbocycles. The van der Waals surface area contributed by atoms with Gasteiger partial charge in [-0.25, -0.2) is 0 Å². The highest BCUT2D eigenvalue weighted by Gasteiger charge is 2.57. The number of ketones is 3. The van der Waals surface area contributed by atoms with Gasteiger partial charge in [0.15, 0.2) is 0 Å². The molecule has 0 aromatic rings. The third kappa shape index (κ3) is 1.83. The summed E-state index contributed by atoms with van der Waals surface area (Å²) >= 11 is 0. The van der Waals surface area contributed by atoms with Crippen molar-refractivity contribution in [2.45, 2.75) is 53.4 Å². The molecule has 1 rings (SSSR count). The van der Waals surface area contributed by atoms with Crippen LogP contribution in [0.15, 0.2) is 0 Å². The van der Waals surface area contributed by atoms with E-state index in [1.165, 1.54) is 13.8 Å². The zero-order chi connectivity index (χ0) is 12.6. The molecule has 0 aliphatic heterocycles. The normalized spacial score (nSPS) is 28.1. The standard InChI is InChI=1S/C13H20O3/c1-9(14)5-8-13(10(2)15)11(16)6-7-12(13,3)4/h5-8H2,1-4H3. The molecule has 0 heterocycles. The lowest BCUT2D eigenvalue weighted by molar-refractivity contribution is -0.143. The van der Waals surface area contributed by atoms with Crippen LogP contribution in [0.4, 0.5) is 0 Å². The molecule has 0 spiro atoms. The number of rotatable bonds is 4. The maximum absolute atomic E-state index is 12.0. The number of carbonyl (C=O) groups excluding carboxylic acids is 3. The Labute approximate surface area is 96.6 Å². The van der Waals surface area contributed by atoms with Crippen LogP contribution in [0, 0.1) is 10.8 Å². The second-order valence-corrected chi connectivity index (χ2v) is 5.47. The summed E-state index contributed by atoms with van der Waals surface area (Å²) in [6, 6.07) is 0. The Kier molecular flexibility index (Phi) is 3.36. The monoisotopic (exact) mass is 224 g/mol. The summed E-state index contributed by atoms with van der Waals surface area (Å²) in [6.07, 6.45) is 1.89. The Morgan fingerprint density at radius 1 is 1.25 bits per heavy atom. The van der Waals surface area contributed by atoms with Crippen LogP contribution in [0.1, 0.15) is 53.4 Å². The molecule has 0 saturated heterocycles. The van der Waals surface area contributed by atoms with Crippen LogP contribution in [-0.2, 0) is 14.4 Å². The van der Waals surface area contributed by atoms with Crippen molar-refractivity contribution in [1.29, 1.82) is 0 Å². The summed E-state index contributed by atoms with van der Waals surface area (Å²) in [7, 11) is 0. The number of Topliss-reactive ketones (excluding diaryl/α,β-unsaturated/α-hetero) is 3. The number of hydrogen-bond acceptors (Lipinski definition) is 3. The first-order chi connectivity index (χ1) is 7.24. The van der Waals surface area contributed by atoms with Crippen molar-refractivity contribution in [1.82, 2.24) is 0 Å². The summed E-state index contributed by atoms with van der Waals surface area (Å²) in [5, 5.41) is 0. The van der Waals surface area contributed by atoms with Crippen LogP contribution in [0.5, 0.6) is 0 Å². The molecule has 90 valence electrons. The molecule has 3 nitrogen and oxygen atoms in total. The molecule has 0 N–H and O–H groups in total. The molecule has 1 aliphatic carbocycles. The fourth-order valence-electron chi connectivity index (χ4n) is 2.92. The zero-order valence-electron chi connectivity index (χ0n) is 10.6. The topological polar surface area (TPSA) is 51.2 Å². The molecule has 1 unspecified atom stereocenters. The van der Waals surface area contributed by atoms with Gasteiger partial charge in [-0.05, 0) is 32.1 Å². The lowest BCUT2D eigenvalue weighted by atomic mass is 9.62. The average Bonchev–Trinajstić information content (AvgIpc) is 2.36. The summed E-state index contributed by atoms with van der Waals surface area (Å²) in [6.45, 7) is 6.89. The highest BCUT2D eigenvalue weighted by Crippen LogP contribution is 2.53. The van der Waals surface area contributed by atoms with Gasteiger partial charge in [-0.2, -0.15) is 0 Å². The predicted octanol–water partition coefficient (Wildman–Crippen LogP) is 2.32. The van der Waals surface area contributed by atoms with E-state index in [4.69, 9.17) is 0 Å². The summed E-state index contributed by atoms with van der Waals surface area (Å²) < 4.78 is 0. The molecule has 1 fully saturated rings. The van der Waals surface area contributed by atoms with Crippen LogP contribution < -0.4 is 0 Å². The Hall–Kier alpha value is -0.990. The fraction of sp³-hybridized carbons (Fsp3) is 0.769. The molecule has 0 bridgehead atoms. The minimum Gasteiger partial charge on any atom is -0.300 e. The van der Waals surface area contributed by atoms with E-state index in [0.717, 1.165) is 6.42 Å². The number of hydrogen-bond donors (Lipinski definition) is 0. The van der Waals surface area contributed by atoms with Gasteiger partial charge in [0.1, 0.15) is 17.3 Å². The largest absolute Gasteiger partial charge is 0.300 e. The van der Waals surface area contributed by atoms with E-state index in [2.05, 4.69) is 0 Å². The summed E-state index contributed by atoms with van der Waals surface area (Å²) in [5.41, 5.74) is -1.23. The van der Waals surface area contributed by atoms with Crippen molar-refractivity contribution < 1.29 is 14.4 Å². The predicted molar refractivity (Wildman–Crippen MR) is 61.1 cm³/mol. The minimum atomic E-state index is -0.918. The van der Waals surface area contributed by atoms with E-state index in [1.54, 1.807) is 0 Å². The lowest BCUT2D eigenvalue weighted by Gasteiger charge is -2.37. The molecule has 3 heteroatoms. The highest BCUT2D eigenvalue weighted by molar-refractivity contribution is 6.08. The van der Waals surface area contributed by atoms with Gasteiger partial charge in [-0.15, -0.1) is 0 Å². The Morgan fingerprint density at radius 3 is 2.12 bits per heavy atom. The molecular formula is C13H20O3. The van der Waals surface area contributed by atoms with E-state index < -0.39 is 5.41 Å². The van der Waals surface area contributed by atoms with Crippen molar-refractivity contribution in [3.05, 3.63) is 0 Å². The zero-order valence-corrected chi connectivity index (χ0v) is 10.6. The van der Waals surface area contributed by atoms with E-state index in [0.29, 0.717) is 19.3 Å². The van der Waals surface area contributed by atoms with Gasteiger partial charge in [0.05, 0.1) is 5.41 Å². The van der Waals surface area contributed by atoms with E-state index in [-0.39, 0.29) is 22.8 Å². The SMILES string of the molecule is CC(=O)CCC1(C(C)=O)C(=O)CCC1(C)C. The molecule has 0 aromatic heterocycles. The maximum Gasteiger partial charge on any atom is 0.146 e. The molecule has 0 aromatic carbocycles. The van der Waals surface area contributed by atoms with Crippen molar-refractivity contribution in [2.24, 2.45) is 10.8 Å². The highest BCUT2D eigenvalue weighted by atomic mass is 16.2. The Bertz CT molecular complexity index is 341. The molecule has 1 aliphatic rings. The quantitative estimate of drug-likeness (QED) is 0.688. The van der Waals surface area contributed by atoms with Crippen molar-refractivity contribution >= 4 is 17.3 Å². The van der Waals surface area contributed by atoms with Crippen LogP contribution >= 0.6 is 0 Å². The first-order valence-corrected chi connectivity index (χ1v) is 5.78. The Balaban J connectivity index is 3.08. The van der Waals surface area contributed by atoms with Gasteiger partial charge < -0.3 is 4.79 Å². The second-order valence-electron chi connectivity index (χ2n) is 5.47. The van der Waals surface area contributed by atoms with Crippen LogP contribution in [0.25, 0.3) is 0 Å². The van der Waals surface area contributed by atoms with Gasteiger partial charge in [0.25, 0.3) is 0 Å². The van der Waals surface area contributed by atoms with Crippen LogP contribution in [0.2, 0.25) is 0 Å². The average molecular weight is 224 g/mol. The maximum atomic E-state index is 12.0. The first-order valence-electron chi connectivity index (χ1n) is 5.78. The summed E-state index contributed by atoms with van der Waals surface area (Å²) in [5.74, 6) is -0.0244. The third-order valence-corrected chi connectivity index (χ3v) is 4.06. The summed E-state index contributed by atoms with van der Waals surface area (Å²) in [4.78, 5) is 35.0. The molecular weight excluding hydrogens is 204 g/mol. The van der Waals surface area contributed by atoms with E-state index in [1.807, 2.05) is 13.8 Å². The van der Waals surface area contributed by atoms with E-state index >= 15 is 0 Å². The molecule has 0 radical (unpaired) electrons. The van der Waals surface area contributed by atoms with E-state index in [9.17, 15) is 14.4 Å². The molecule has 1 atom stereocenters. The molecule has 16 heavy (non-hydrogen) atoms. The van der Waals surface area contributed by atoms with Gasteiger partial charge in [-0.1, -0.05) is 13.8 Å². The Morgan fingerprint density at radius 2 is 1.81 bits per heavy atom. The smallest absolute Gasteiger partial charge is 0.146 e. The van der Waals surface area contributed by atoms with Crippen LogP contribution in [0.3, 0.4) is 0 Å². The molecule has 0 amide bonds. The van der Waals surface area contributed by atoms with Crippen LogP contribution in [-0.4, -0.2) is 17.3 Å². The van der Waals surface area contributed by atoms with Gasteiger partial charge in [0.2, 0.25) is 0 Å². The first kappa shape index (κ1) is 13.1. The third-order valence-electron chi connectivity index (χ3n) is 4.06. The van der Waals surface area contributed by atoms with Crippen molar-refractivity contribution in [3.63, 3.8) is 0 Å². The minimum absolute atomic E-state index is 0.0197. The van der Waals surface area contributed by atoms with Gasteiger partial charge >= 0.3 is 0 Å². The number of carbonyl (C=O) groups is 3. The van der Waals surface area contributed by atoms with Crippen molar-refractivity contribution in [3.8, 4) is 0 Å². The fourth-order valence-corrected chi connectivity index (χ4v) is 2.92. The lowest BCUT2D eigenvalue weighted by Crippen LogP contribution is -2.44.